The van der Waals surface area contributed by atoms with Gasteiger partial charge in [0.1, 0.15) is 11.9 Å². The van der Waals surface area contributed by atoms with Crippen LogP contribution < -0.4 is 5.32 Å². The third kappa shape index (κ3) is 4.43. The third-order valence-corrected chi connectivity index (χ3v) is 5.14. The lowest BCUT2D eigenvalue weighted by atomic mass is 9.84. The van der Waals surface area contributed by atoms with Crippen molar-refractivity contribution in [1.29, 1.82) is 5.26 Å². The topological polar surface area (TPSA) is 72.2 Å². The molecule has 1 aromatic heterocycles. The van der Waals surface area contributed by atoms with E-state index in [4.69, 9.17) is 5.26 Å². The number of hydrogen-bond acceptors (Lipinski definition) is 5. The number of pyridine rings is 1. The van der Waals surface area contributed by atoms with Gasteiger partial charge < -0.3 is 15.3 Å². The largest absolute Gasteiger partial charge is 0.389 e. The first kappa shape index (κ1) is 16.2. The Morgan fingerprint density at radius 2 is 2.17 bits per heavy atom. The summed E-state index contributed by atoms with van der Waals surface area (Å²) in [6.07, 6.45) is 8.29. The molecule has 1 atom stereocenters. The molecule has 0 radical (unpaired) electrons. The second-order valence-corrected chi connectivity index (χ2v) is 7.10. The van der Waals surface area contributed by atoms with Crippen molar-refractivity contribution in [2.24, 2.45) is 5.92 Å². The number of aromatic nitrogens is 1. The van der Waals surface area contributed by atoms with Crippen LogP contribution in [-0.4, -0.2) is 46.8 Å². The van der Waals surface area contributed by atoms with E-state index in [1.54, 1.807) is 12.3 Å². The molecule has 1 aromatic rings. The average Bonchev–Trinajstić information content (AvgIpc) is 3.01. The fourth-order valence-corrected chi connectivity index (χ4v) is 3.82. The molecule has 2 aliphatic rings. The Balaban J connectivity index is 1.43. The lowest BCUT2D eigenvalue weighted by Crippen LogP contribution is -2.43. The van der Waals surface area contributed by atoms with Crippen LogP contribution in [0.1, 0.15) is 44.1 Å². The van der Waals surface area contributed by atoms with Crippen molar-refractivity contribution >= 4 is 5.82 Å². The van der Waals surface area contributed by atoms with Crippen LogP contribution in [0.4, 0.5) is 5.82 Å². The van der Waals surface area contributed by atoms with Gasteiger partial charge in [0.15, 0.2) is 0 Å². The van der Waals surface area contributed by atoms with Gasteiger partial charge in [-0.05, 0) is 43.9 Å². The summed E-state index contributed by atoms with van der Waals surface area (Å²) < 4.78 is 0. The summed E-state index contributed by atoms with van der Waals surface area (Å²) in [5, 5.41) is 22.8. The van der Waals surface area contributed by atoms with Gasteiger partial charge in [-0.2, -0.15) is 5.26 Å². The van der Waals surface area contributed by atoms with E-state index in [9.17, 15) is 5.11 Å². The second kappa shape index (κ2) is 7.29. The van der Waals surface area contributed by atoms with Gasteiger partial charge in [0.05, 0.1) is 11.2 Å². The Bertz CT molecular complexity index is 545. The van der Waals surface area contributed by atoms with Crippen LogP contribution in [0.3, 0.4) is 0 Å². The van der Waals surface area contributed by atoms with E-state index in [-0.39, 0.29) is 0 Å². The number of anilines is 1. The minimum Gasteiger partial charge on any atom is -0.389 e. The maximum absolute atomic E-state index is 10.7. The molecule has 5 heteroatoms. The molecule has 1 saturated carbocycles. The van der Waals surface area contributed by atoms with Gasteiger partial charge in [0.25, 0.3) is 0 Å². The number of nitrogens with zero attached hydrogens (tertiary/aromatic N) is 3. The van der Waals surface area contributed by atoms with E-state index in [0.29, 0.717) is 11.5 Å². The van der Waals surface area contributed by atoms with Crippen LogP contribution in [0.15, 0.2) is 18.3 Å². The molecule has 124 valence electrons. The number of nitrogens with one attached hydrogen (secondary N) is 1. The van der Waals surface area contributed by atoms with Crippen LogP contribution in [0.2, 0.25) is 0 Å². The molecule has 0 bridgehead atoms. The molecule has 0 aromatic carbocycles. The molecule has 1 unspecified atom stereocenters. The Morgan fingerprint density at radius 1 is 1.35 bits per heavy atom. The van der Waals surface area contributed by atoms with Crippen LogP contribution in [0.25, 0.3) is 0 Å². The quantitative estimate of drug-likeness (QED) is 0.873. The molecule has 1 aliphatic heterocycles. The molecule has 3 rings (SSSR count). The molecular weight excluding hydrogens is 288 g/mol. The first-order valence-electron chi connectivity index (χ1n) is 8.72. The zero-order valence-electron chi connectivity index (χ0n) is 13.7. The number of nitriles is 1. The van der Waals surface area contributed by atoms with Crippen molar-refractivity contribution < 1.29 is 5.11 Å². The van der Waals surface area contributed by atoms with E-state index < -0.39 is 5.60 Å². The number of rotatable bonds is 5. The highest BCUT2D eigenvalue weighted by Gasteiger charge is 2.33. The van der Waals surface area contributed by atoms with E-state index in [1.807, 2.05) is 6.07 Å². The molecule has 5 nitrogen and oxygen atoms in total. The number of hydrogen-bond donors (Lipinski definition) is 2. The van der Waals surface area contributed by atoms with Crippen molar-refractivity contribution in [2.45, 2.75) is 44.1 Å². The highest BCUT2D eigenvalue weighted by molar-refractivity contribution is 5.38. The molecule has 2 N–H and O–H groups in total. The van der Waals surface area contributed by atoms with Gasteiger partial charge in [0, 0.05) is 25.8 Å². The summed E-state index contributed by atoms with van der Waals surface area (Å²) in [6, 6.07) is 5.72. The van der Waals surface area contributed by atoms with Gasteiger partial charge in [-0.1, -0.05) is 19.3 Å². The zero-order chi connectivity index (χ0) is 16.1. The Labute approximate surface area is 138 Å². The normalized spacial score (nSPS) is 24.3. The van der Waals surface area contributed by atoms with Gasteiger partial charge in [-0.15, -0.1) is 0 Å². The van der Waals surface area contributed by atoms with Gasteiger partial charge in [-0.3, -0.25) is 0 Å². The van der Waals surface area contributed by atoms with Gasteiger partial charge in [-0.25, -0.2) is 4.98 Å². The van der Waals surface area contributed by atoms with Crippen LogP contribution in [0, 0.1) is 17.2 Å². The smallest absolute Gasteiger partial charge is 0.125 e. The maximum atomic E-state index is 10.7. The fraction of sp³-hybridized carbons (Fsp3) is 0.667. The summed E-state index contributed by atoms with van der Waals surface area (Å²) in [7, 11) is 0. The lowest BCUT2D eigenvalue weighted by molar-refractivity contribution is -0.0219. The highest BCUT2D eigenvalue weighted by atomic mass is 16.3. The maximum Gasteiger partial charge on any atom is 0.125 e. The number of β-amino-alcohol motifs (C(OH)–C–C–N with tert-alkyl or cyclic N) is 1. The van der Waals surface area contributed by atoms with Crippen LogP contribution >= 0.6 is 0 Å². The molecular formula is C18H26N4O. The molecule has 0 spiro atoms. The molecule has 1 aliphatic carbocycles. The fourth-order valence-electron chi connectivity index (χ4n) is 3.82. The lowest BCUT2D eigenvalue weighted by Gasteiger charge is -2.35. The monoisotopic (exact) mass is 314 g/mol. The highest BCUT2D eigenvalue weighted by Crippen LogP contribution is 2.30. The van der Waals surface area contributed by atoms with Crippen molar-refractivity contribution in [3.8, 4) is 6.07 Å². The SMILES string of the molecule is N#Cc1ccc(NCC2CCN(CC3(O)CCCCC3)C2)nc1. The standard InChI is InChI=1S/C18H26N4O/c19-10-15-4-5-17(20-11-15)21-12-16-6-9-22(13-16)14-18(23)7-2-1-3-8-18/h4-5,11,16,23H,1-3,6-9,12-14H2,(H,20,21). The summed E-state index contributed by atoms with van der Waals surface area (Å²) in [5.74, 6) is 1.42. The average molecular weight is 314 g/mol. The number of likely N-dealkylation sites (tertiary alicyclic amines) is 1. The van der Waals surface area contributed by atoms with E-state index in [2.05, 4.69) is 21.3 Å². The van der Waals surface area contributed by atoms with E-state index >= 15 is 0 Å². The predicted molar refractivity (Wildman–Crippen MR) is 90.0 cm³/mol. The third-order valence-electron chi connectivity index (χ3n) is 5.14. The Kier molecular flexibility index (Phi) is 5.14. The molecule has 0 amide bonds. The minimum absolute atomic E-state index is 0.449. The van der Waals surface area contributed by atoms with Crippen molar-refractivity contribution in [2.75, 3.05) is 31.5 Å². The second-order valence-electron chi connectivity index (χ2n) is 7.10. The molecule has 1 saturated heterocycles. The summed E-state index contributed by atoms with van der Waals surface area (Å²) >= 11 is 0. The van der Waals surface area contributed by atoms with Crippen molar-refractivity contribution in [1.82, 2.24) is 9.88 Å². The number of aliphatic hydroxyl groups is 1. The molecule has 2 heterocycles. The first-order chi connectivity index (χ1) is 11.2. The summed E-state index contributed by atoms with van der Waals surface area (Å²) in [5.41, 5.74) is 0.137. The zero-order valence-corrected chi connectivity index (χ0v) is 13.7. The Morgan fingerprint density at radius 3 is 2.87 bits per heavy atom. The van der Waals surface area contributed by atoms with Crippen LogP contribution in [0.5, 0.6) is 0 Å². The van der Waals surface area contributed by atoms with Crippen molar-refractivity contribution in [3.63, 3.8) is 0 Å². The van der Waals surface area contributed by atoms with E-state index in [0.717, 1.165) is 44.8 Å². The summed E-state index contributed by atoms with van der Waals surface area (Å²) in [4.78, 5) is 6.67. The van der Waals surface area contributed by atoms with Crippen LogP contribution in [-0.2, 0) is 0 Å². The minimum atomic E-state index is -0.449. The Hall–Kier alpha value is -1.64. The van der Waals surface area contributed by atoms with Crippen molar-refractivity contribution in [3.05, 3.63) is 23.9 Å². The van der Waals surface area contributed by atoms with Gasteiger partial charge >= 0.3 is 0 Å². The summed E-state index contributed by atoms with van der Waals surface area (Å²) in [6.45, 7) is 3.85. The predicted octanol–water partition coefficient (Wildman–Crippen LogP) is 2.38. The van der Waals surface area contributed by atoms with Gasteiger partial charge in [0.2, 0.25) is 0 Å². The first-order valence-corrected chi connectivity index (χ1v) is 8.72. The van der Waals surface area contributed by atoms with E-state index in [1.165, 1.54) is 25.7 Å². The molecule has 23 heavy (non-hydrogen) atoms. The molecule has 2 fully saturated rings.